The second-order valence-corrected chi connectivity index (χ2v) is 9.74. The SMILES string of the molecule is BC(B)(c1ccnc(-c2cccc3c2-c2cccc4cccc-3c24)c1)C(C)(C)C. The summed E-state index contributed by atoms with van der Waals surface area (Å²) in [5.41, 5.74) is 9.06. The first-order chi connectivity index (χ1) is 13.8. The normalized spacial score (nSPS) is 12.9. The van der Waals surface area contributed by atoms with Crippen LogP contribution in [0.3, 0.4) is 0 Å². The molecule has 0 fully saturated rings. The van der Waals surface area contributed by atoms with Crippen LogP contribution >= 0.6 is 0 Å². The van der Waals surface area contributed by atoms with Gasteiger partial charge in [0.25, 0.3) is 0 Å². The molecule has 0 atom stereocenters. The Kier molecular flexibility index (Phi) is 3.84. The van der Waals surface area contributed by atoms with Crippen LogP contribution in [0.2, 0.25) is 0 Å². The van der Waals surface area contributed by atoms with Gasteiger partial charge in [-0.1, -0.05) is 86.1 Å². The van der Waals surface area contributed by atoms with Gasteiger partial charge in [0.1, 0.15) is 15.7 Å². The summed E-state index contributed by atoms with van der Waals surface area (Å²) in [6.45, 7) is 6.93. The first-order valence-electron chi connectivity index (χ1n) is 10.4. The number of nitrogens with zero attached hydrogens (tertiary/aromatic N) is 1. The van der Waals surface area contributed by atoms with Gasteiger partial charge in [-0.25, -0.2) is 0 Å². The van der Waals surface area contributed by atoms with Crippen LogP contribution in [-0.4, -0.2) is 20.7 Å². The minimum absolute atomic E-state index is 0.0472. The molecule has 0 saturated carbocycles. The third-order valence-electron chi connectivity index (χ3n) is 7.16. The largest absolute Gasteiger partial charge is 0.256 e. The van der Waals surface area contributed by atoms with Crippen LogP contribution in [0.5, 0.6) is 0 Å². The minimum atomic E-state index is 0.0472. The molecular formula is C26H25B2N. The van der Waals surface area contributed by atoms with Crippen molar-refractivity contribution in [2.24, 2.45) is 5.41 Å². The molecule has 1 aliphatic carbocycles. The van der Waals surface area contributed by atoms with Crippen LogP contribution in [0.4, 0.5) is 0 Å². The molecule has 0 amide bonds. The molecule has 1 heterocycles. The van der Waals surface area contributed by atoms with Crippen LogP contribution in [-0.2, 0) is 5.21 Å². The summed E-state index contributed by atoms with van der Waals surface area (Å²) >= 11 is 0. The van der Waals surface area contributed by atoms with Gasteiger partial charge in [0.15, 0.2) is 0 Å². The Morgan fingerprint density at radius 3 is 2.07 bits per heavy atom. The molecule has 0 N–H and O–H groups in total. The van der Waals surface area contributed by atoms with Crippen LogP contribution < -0.4 is 0 Å². The monoisotopic (exact) mass is 373 g/mol. The maximum atomic E-state index is 4.81. The summed E-state index contributed by atoms with van der Waals surface area (Å²) in [7, 11) is 4.66. The van der Waals surface area contributed by atoms with Gasteiger partial charge >= 0.3 is 0 Å². The van der Waals surface area contributed by atoms with Gasteiger partial charge in [0.2, 0.25) is 0 Å². The molecule has 1 aliphatic rings. The van der Waals surface area contributed by atoms with Crippen LogP contribution in [0.25, 0.3) is 44.3 Å². The fraction of sp³-hybridized carbons (Fsp3) is 0.192. The van der Waals surface area contributed by atoms with E-state index in [2.05, 4.69) is 103 Å². The Balaban J connectivity index is 1.75. The Morgan fingerprint density at radius 1 is 0.724 bits per heavy atom. The molecule has 0 spiro atoms. The van der Waals surface area contributed by atoms with E-state index < -0.39 is 0 Å². The molecule has 5 rings (SSSR count). The number of hydrogen-bond acceptors (Lipinski definition) is 1. The van der Waals surface area contributed by atoms with Gasteiger partial charge in [-0.3, -0.25) is 4.98 Å². The van der Waals surface area contributed by atoms with Crippen molar-refractivity contribution in [1.29, 1.82) is 0 Å². The molecule has 3 aromatic carbocycles. The highest BCUT2D eigenvalue weighted by Gasteiger charge is 2.34. The molecule has 1 nitrogen and oxygen atoms in total. The van der Waals surface area contributed by atoms with Crippen molar-refractivity contribution in [3.8, 4) is 33.5 Å². The van der Waals surface area contributed by atoms with E-state index in [1.165, 1.54) is 44.2 Å². The highest BCUT2D eigenvalue weighted by molar-refractivity contribution is 6.40. The third-order valence-corrected chi connectivity index (χ3v) is 7.16. The highest BCUT2D eigenvalue weighted by atomic mass is 14.7. The van der Waals surface area contributed by atoms with E-state index in [4.69, 9.17) is 4.98 Å². The molecule has 140 valence electrons. The lowest BCUT2D eigenvalue weighted by atomic mass is 9.41. The number of rotatable bonds is 2. The maximum absolute atomic E-state index is 4.81. The smallest absolute Gasteiger partial charge is 0.105 e. The van der Waals surface area contributed by atoms with E-state index in [1.807, 2.05) is 6.20 Å². The van der Waals surface area contributed by atoms with Crippen molar-refractivity contribution in [2.75, 3.05) is 0 Å². The van der Waals surface area contributed by atoms with Gasteiger partial charge < -0.3 is 0 Å². The molecule has 1 aromatic heterocycles. The summed E-state index contributed by atoms with van der Waals surface area (Å²) < 4.78 is 0. The molecule has 0 unspecified atom stereocenters. The van der Waals surface area contributed by atoms with E-state index in [0.717, 1.165) is 5.69 Å². The Labute approximate surface area is 175 Å². The molecule has 3 heteroatoms. The molecule has 29 heavy (non-hydrogen) atoms. The van der Waals surface area contributed by atoms with E-state index in [-0.39, 0.29) is 10.6 Å². The van der Waals surface area contributed by atoms with Crippen LogP contribution in [0, 0.1) is 5.41 Å². The second-order valence-electron chi connectivity index (χ2n) is 9.74. The summed E-state index contributed by atoms with van der Waals surface area (Å²) in [6.07, 6.45) is 1.97. The van der Waals surface area contributed by atoms with E-state index >= 15 is 0 Å². The number of fused-ring (bicyclic) bond motifs is 3. The zero-order valence-electron chi connectivity index (χ0n) is 17.9. The summed E-state index contributed by atoms with van der Waals surface area (Å²) in [6, 6.07) is 24.3. The average Bonchev–Trinajstić information content (AvgIpc) is 3.04. The zero-order valence-corrected chi connectivity index (χ0v) is 17.9. The van der Waals surface area contributed by atoms with E-state index in [0.29, 0.717) is 0 Å². The lowest BCUT2D eigenvalue weighted by molar-refractivity contribution is 0.358. The fourth-order valence-corrected chi connectivity index (χ4v) is 4.45. The van der Waals surface area contributed by atoms with Crippen molar-refractivity contribution in [3.63, 3.8) is 0 Å². The first kappa shape index (κ1) is 18.2. The number of benzene rings is 3. The van der Waals surface area contributed by atoms with Crippen LogP contribution in [0.1, 0.15) is 26.3 Å². The van der Waals surface area contributed by atoms with Crippen molar-refractivity contribution in [3.05, 3.63) is 78.5 Å². The quantitative estimate of drug-likeness (QED) is 0.396. The second kappa shape index (κ2) is 6.10. The maximum Gasteiger partial charge on any atom is 0.105 e. The predicted octanol–water partition coefficient (Wildman–Crippen LogP) is 5.01. The standard InChI is InChI=1S/C26H25B2N/c1-25(2,3)26(27,28)17-13-14-29-22(15-17)20-11-6-10-19-18-9-4-7-16-8-5-12-21(23(16)18)24(19)20/h4-15H,27-28H2,1-3H3. The predicted molar refractivity (Wildman–Crippen MR) is 130 cm³/mol. The van der Waals surface area contributed by atoms with Crippen molar-refractivity contribution in [1.82, 2.24) is 4.98 Å². The van der Waals surface area contributed by atoms with Crippen LogP contribution in [0.15, 0.2) is 72.9 Å². The summed E-state index contributed by atoms with van der Waals surface area (Å²) in [5, 5.41) is 2.72. The lowest BCUT2D eigenvalue weighted by Gasteiger charge is -2.40. The molecule has 0 bridgehead atoms. The molecule has 4 aromatic rings. The molecule has 0 radical (unpaired) electrons. The molecule has 0 aliphatic heterocycles. The van der Waals surface area contributed by atoms with E-state index in [9.17, 15) is 0 Å². The minimum Gasteiger partial charge on any atom is -0.256 e. The van der Waals surface area contributed by atoms with Gasteiger partial charge in [-0.05, 0) is 50.6 Å². The Hall–Kier alpha value is -2.80. The molecular weight excluding hydrogens is 348 g/mol. The first-order valence-corrected chi connectivity index (χ1v) is 10.4. The van der Waals surface area contributed by atoms with E-state index in [1.54, 1.807) is 0 Å². The third kappa shape index (κ3) is 2.60. The Bertz CT molecular complexity index is 1260. The fourth-order valence-electron chi connectivity index (χ4n) is 4.45. The zero-order chi connectivity index (χ0) is 20.4. The van der Waals surface area contributed by atoms with Gasteiger partial charge in [-0.2, -0.15) is 0 Å². The van der Waals surface area contributed by atoms with Crippen molar-refractivity contribution < 1.29 is 0 Å². The number of aromatic nitrogens is 1. The average molecular weight is 373 g/mol. The van der Waals surface area contributed by atoms with Crippen molar-refractivity contribution in [2.45, 2.75) is 26.0 Å². The topological polar surface area (TPSA) is 12.9 Å². The highest BCUT2D eigenvalue weighted by Crippen LogP contribution is 2.50. The van der Waals surface area contributed by atoms with Gasteiger partial charge in [0, 0.05) is 11.8 Å². The van der Waals surface area contributed by atoms with Gasteiger partial charge in [0.05, 0.1) is 5.69 Å². The summed E-state index contributed by atoms with van der Waals surface area (Å²) in [4.78, 5) is 4.81. The number of pyridine rings is 1. The lowest BCUT2D eigenvalue weighted by Crippen LogP contribution is -2.41. The van der Waals surface area contributed by atoms with Crippen molar-refractivity contribution >= 4 is 26.5 Å². The van der Waals surface area contributed by atoms with Gasteiger partial charge in [-0.15, -0.1) is 0 Å². The Morgan fingerprint density at radius 2 is 1.34 bits per heavy atom. The molecule has 0 saturated heterocycles. The number of hydrogen-bond donors (Lipinski definition) is 0. The summed E-state index contributed by atoms with van der Waals surface area (Å²) in [5.74, 6) is 0.